The number of urea groups is 1. The van der Waals surface area contributed by atoms with E-state index in [4.69, 9.17) is 0 Å². The van der Waals surface area contributed by atoms with Gasteiger partial charge in [0.15, 0.2) is 0 Å². The molecule has 3 saturated heterocycles. The van der Waals surface area contributed by atoms with Gasteiger partial charge in [-0.15, -0.1) is 0 Å². The molecule has 0 unspecified atom stereocenters. The van der Waals surface area contributed by atoms with E-state index in [2.05, 4.69) is 13.8 Å². The van der Waals surface area contributed by atoms with Gasteiger partial charge in [-0.05, 0) is 38.0 Å². The zero-order valence-electron chi connectivity index (χ0n) is 14.0. The van der Waals surface area contributed by atoms with Crippen molar-refractivity contribution >= 4 is 11.9 Å². The van der Waals surface area contributed by atoms with Crippen LogP contribution in [0.2, 0.25) is 0 Å². The fourth-order valence-corrected chi connectivity index (χ4v) is 4.21. The molecule has 3 rings (SSSR count). The Hall–Kier alpha value is -1.26. The van der Waals surface area contributed by atoms with E-state index in [0.717, 1.165) is 71.4 Å². The molecule has 0 saturated carbocycles. The molecule has 1 spiro atoms. The van der Waals surface area contributed by atoms with Gasteiger partial charge in [-0.25, -0.2) is 4.79 Å². The third-order valence-electron chi connectivity index (χ3n) is 5.55. The predicted molar refractivity (Wildman–Crippen MR) is 85.5 cm³/mol. The number of likely N-dealkylation sites (tertiary alicyclic amines) is 3. The number of hydrogen-bond donors (Lipinski definition) is 0. The first-order valence-electron chi connectivity index (χ1n) is 8.85. The van der Waals surface area contributed by atoms with Crippen LogP contribution in [0.5, 0.6) is 0 Å². The van der Waals surface area contributed by atoms with E-state index >= 15 is 0 Å². The van der Waals surface area contributed by atoms with Crippen LogP contribution < -0.4 is 0 Å². The Kier molecular flexibility index (Phi) is 4.33. The van der Waals surface area contributed by atoms with Crippen molar-refractivity contribution in [2.75, 3.05) is 39.3 Å². The van der Waals surface area contributed by atoms with Gasteiger partial charge in [0.25, 0.3) is 0 Å². The average molecular weight is 307 g/mol. The number of carbonyl (C=O) groups is 2. The van der Waals surface area contributed by atoms with Crippen LogP contribution in [-0.4, -0.2) is 65.9 Å². The highest BCUT2D eigenvalue weighted by Crippen LogP contribution is 2.41. The van der Waals surface area contributed by atoms with Crippen LogP contribution in [-0.2, 0) is 4.79 Å². The summed E-state index contributed by atoms with van der Waals surface area (Å²) < 4.78 is 0. The van der Waals surface area contributed by atoms with Crippen LogP contribution in [0.3, 0.4) is 0 Å². The summed E-state index contributed by atoms with van der Waals surface area (Å²) in [6.45, 7) is 9.40. The molecule has 0 radical (unpaired) electrons. The Bertz CT molecular complexity index is 435. The number of nitrogens with zero attached hydrogens (tertiary/aromatic N) is 3. The fourth-order valence-electron chi connectivity index (χ4n) is 4.21. The van der Waals surface area contributed by atoms with Crippen LogP contribution >= 0.6 is 0 Å². The average Bonchev–Trinajstić information content (AvgIpc) is 3.12. The van der Waals surface area contributed by atoms with Crippen LogP contribution in [0.4, 0.5) is 4.79 Å². The highest BCUT2D eigenvalue weighted by atomic mass is 16.2. The van der Waals surface area contributed by atoms with E-state index in [1.165, 1.54) is 0 Å². The van der Waals surface area contributed by atoms with E-state index in [-0.39, 0.29) is 11.4 Å². The van der Waals surface area contributed by atoms with Gasteiger partial charge < -0.3 is 14.7 Å². The van der Waals surface area contributed by atoms with Crippen LogP contribution in [0.1, 0.15) is 46.0 Å². The minimum absolute atomic E-state index is 0.170. The number of piperidine rings is 1. The Morgan fingerprint density at radius 3 is 2.14 bits per heavy atom. The van der Waals surface area contributed by atoms with Gasteiger partial charge in [-0.1, -0.05) is 13.8 Å². The maximum Gasteiger partial charge on any atom is 0.319 e. The SMILES string of the molecule is CC(C)CN1CCC2(CCN(C(=O)N3CCCC3)CC2)C1=O. The van der Waals surface area contributed by atoms with E-state index in [1.54, 1.807) is 0 Å². The summed E-state index contributed by atoms with van der Waals surface area (Å²) in [5, 5.41) is 0. The van der Waals surface area contributed by atoms with Gasteiger partial charge in [0.1, 0.15) is 0 Å². The minimum atomic E-state index is -0.170. The number of hydrogen-bond acceptors (Lipinski definition) is 2. The van der Waals surface area contributed by atoms with Crippen molar-refractivity contribution in [1.82, 2.24) is 14.7 Å². The van der Waals surface area contributed by atoms with Crippen LogP contribution in [0.25, 0.3) is 0 Å². The minimum Gasteiger partial charge on any atom is -0.342 e. The molecule has 5 nitrogen and oxygen atoms in total. The molecule has 0 aliphatic carbocycles. The highest BCUT2D eigenvalue weighted by Gasteiger charge is 2.48. The van der Waals surface area contributed by atoms with Crippen molar-refractivity contribution in [2.24, 2.45) is 11.3 Å². The smallest absolute Gasteiger partial charge is 0.319 e. The summed E-state index contributed by atoms with van der Waals surface area (Å²) in [4.78, 5) is 31.2. The quantitative estimate of drug-likeness (QED) is 0.785. The molecule has 3 fully saturated rings. The molecule has 0 aromatic rings. The molecule has 5 heteroatoms. The zero-order valence-corrected chi connectivity index (χ0v) is 14.0. The Morgan fingerprint density at radius 2 is 1.55 bits per heavy atom. The van der Waals surface area contributed by atoms with E-state index < -0.39 is 0 Å². The number of carbonyl (C=O) groups excluding carboxylic acids is 2. The third-order valence-corrected chi connectivity index (χ3v) is 5.55. The molecule has 0 aromatic heterocycles. The Morgan fingerprint density at radius 1 is 1.00 bits per heavy atom. The molecule has 0 bridgehead atoms. The predicted octanol–water partition coefficient (Wildman–Crippen LogP) is 2.17. The fraction of sp³-hybridized carbons (Fsp3) is 0.882. The molecular formula is C17H29N3O2. The Balaban J connectivity index is 1.57. The second kappa shape index (κ2) is 6.09. The second-order valence-electron chi connectivity index (χ2n) is 7.64. The molecule has 3 heterocycles. The topological polar surface area (TPSA) is 43.9 Å². The molecule has 22 heavy (non-hydrogen) atoms. The molecule has 3 aliphatic rings. The maximum absolute atomic E-state index is 12.8. The second-order valence-corrected chi connectivity index (χ2v) is 7.64. The molecule has 3 amide bonds. The first-order valence-corrected chi connectivity index (χ1v) is 8.85. The maximum atomic E-state index is 12.8. The van der Waals surface area contributed by atoms with Gasteiger partial charge in [0, 0.05) is 39.3 Å². The summed E-state index contributed by atoms with van der Waals surface area (Å²) in [5.74, 6) is 0.866. The molecular weight excluding hydrogens is 278 g/mol. The van der Waals surface area contributed by atoms with Gasteiger partial charge in [0.05, 0.1) is 5.41 Å². The Labute approximate surface area is 133 Å². The van der Waals surface area contributed by atoms with E-state index in [9.17, 15) is 9.59 Å². The lowest BCUT2D eigenvalue weighted by atomic mass is 9.77. The van der Waals surface area contributed by atoms with Crippen molar-refractivity contribution in [1.29, 1.82) is 0 Å². The third kappa shape index (κ3) is 2.82. The van der Waals surface area contributed by atoms with Crippen molar-refractivity contribution in [3.05, 3.63) is 0 Å². The molecule has 0 atom stereocenters. The van der Waals surface area contributed by atoms with Gasteiger partial charge >= 0.3 is 6.03 Å². The standard InChI is InChI=1S/C17H29N3O2/c1-14(2)13-20-12-7-17(15(20)21)5-10-19(11-6-17)16(22)18-8-3-4-9-18/h14H,3-13H2,1-2H3. The molecule has 0 N–H and O–H groups in total. The van der Waals surface area contributed by atoms with Crippen LogP contribution in [0.15, 0.2) is 0 Å². The normalized spacial score (nSPS) is 24.9. The first-order chi connectivity index (χ1) is 10.5. The van der Waals surface area contributed by atoms with Gasteiger partial charge in [-0.3, -0.25) is 4.79 Å². The number of rotatable bonds is 2. The summed E-state index contributed by atoms with van der Waals surface area (Å²) in [6, 6.07) is 0.192. The van der Waals surface area contributed by atoms with Gasteiger partial charge in [-0.2, -0.15) is 0 Å². The lowest BCUT2D eigenvalue weighted by Crippen LogP contribution is -2.50. The lowest BCUT2D eigenvalue weighted by molar-refractivity contribution is -0.138. The molecule has 124 valence electrons. The van der Waals surface area contributed by atoms with Crippen molar-refractivity contribution in [2.45, 2.75) is 46.0 Å². The van der Waals surface area contributed by atoms with E-state index in [0.29, 0.717) is 11.8 Å². The number of amides is 3. The van der Waals surface area contributed by atoms with Crippen molar-refractivity contribution in [3.63, 3.8) is 0 Å². The summed E-state index contributed by atoms with van der Waals surface area (Å²) >= 11 is 0. The monoisotopic (exact) mass is 307 g/mol. The van der Waals surface area contributed by atoms with Crippen molar-refractivity contribution in [3.8, 4) is 0 Å². The molecule has 3 aliphatic heterocycles. The largest absolute Gasteiger partial charge is 0.342 e. The zero-order chi connectivity index (χ0) is 15.7. The molecule has 0 aromatic carbocycles. The lowest BCUT2D eigenvalue weighted by Gasteiger charge is -2.39. The summed E-state index contributed by atoms with van der Waals surface area (Å²) in [5.41, 5.74) is -0.170. The van der Waals surface area contributed by atoms with Gasteiger partial charge in [0.2, 0.25) is 5.91 Å². The summed E-state index contributed by atoms with van der Waals surface area (Å²) in [6.07, 6.45) is 4.93. The highest BCUT2D eigenvalue weighted by molar-refractivity contribution is 5.85. The summed E-state index contributed by atoms with van der Waals surface area (Å²) in [7, 11) is 0. The van der Waals surface area contributed by atoms with E-state index in [1.807, 2.05) is 14.7 Å². The van der Waals surface area contributed by atoms with Crippen molar-refractivity contribution < 1.29 is 9.59 Å². The first kappa shape index (κ1) is 15.6. The van der Waals surface area contributed by atoms with Crippen LogP contribution in [0, 0.1) is 11.3 Å².